The first-order chi connectivity index (χ1) is 17.2. The van der Waals surface area contributed by atoms with Gasteiger partial charge in [0.05, 0.1) is 9.60 Å². The number of hydrogen-bond acceptors (Lipinski definition) is 6. The zero-order valence-corrected chi connectivity index (χ0v) is 24.3. The number of thiazole rings is 1. The molecule has 1 amide bonds. The van der Waals surface area contributed by atoms with Crippen LogP contribution in [0.25, 0.3) is 10.2 Å². The van der Waals surface area contributed by atoms with E-state index in [2.05, 4.69) is 4.98 Å². The molecular weight excluding hydrogens is 535 g/mol. The van der Waals surface area contributed by atoms with Gasteiger partial charge >= 0.3 is 0 Å². The molecule has 0 fully saturated rings. The summed E-state index contributed by atoms with van der Waals surface area (Å²) < 4.78 is 43.0. The molecule has 0 aliphatic heterocycles. The maximum absolute atomic E-state index is 14.2. The molecule has 0 unspecified atom stereocenters. The lowest BCUT2D eigenvalue weighted by Crippen LogP contribution is -2.37. The standard InChI is InChI=1S/C26H35FN4O3S2.ClH/c1-5-7-16-30(17-8-6-2)36(33,34)21-14-12-20(13-15-21)25(32)31(19-18-29(3)4)26-28-24-22(27)10-9-11-23(24)35-26;/h9-15H,5-8,16-19H2,1-4H3;1H. The number of carbonyl (C=O) groups excluding carboxylic acids is 1. The quantitative estimate of drug-likeness (QED) is 0.265. The van der Waals surface area contributed by atoms with Gasteiger partial charge in [0, 0.05) is 31.7 Å². The Morgan fingerprint density at radius 1 is 0.946 bits per heavy atom. The molecule has 2 aromatic carbocycles. The van der Waals surface area contributed by atoms with Crippen LogP contribution in [0.2, 0.25) is 0 Å². The van der Waals surface area contributed by atoms with Crippen LogP contribution >= 0.6 is 23.7 Å². The molecule has 0 atom stereocenters. The third-order valence-electron chi connectivity index (χ3n) is 5.87. The summed E-state index contributed by atoms with van der Waals surface area (Å²) in [5.41, 5.74) is 0.585. The van der Waals surface area contributed by atoms with Gasteiger partial charge in [-0.15, -0.1) is 12.4 Å². The van der Waals surface area contributed by atoms with Crippen molar-refractivity contribution in [2.75, 3.05) is 45.2 Å². The second-order valence-corrected chi connectivity index (χ2v) is 11.9. The van der Waals surface area contributed by atoms with E-state index < -0.39 is 15.8 Å². The van der Waals surface area contributed by atoms with Crippen LogP contribution in [-0.4, -0.2) is 68.8 Å². The Balaban J connectivity index is 0.00000481. The SMILES string of the molecule is CCCCN(CCCC)S(=O)(=O)c1ccc(C(=O)N(CCN(C)C)c2nc3c(F)cccc3s2)cc1.Cl. The molecule has 204 valence electrons. The van der Waals surface area contributed by atoms with Crippen molar-refractivity contribution in [1.82, 2.24) is 14.2 Å². The van der Waals surface area contributed by atoms with Crippen LogP contribution in [0.1, 0.15) is 49.9 Å². The van der Waals surface area contributed by atoms with E-state index in [1.807, 2.05) is 32.8 Å². The van der Waals surface area contributed by atoms with Gasteiger partial charge in [0.1, 0.15) is 11.3 Å². The van der Waals surface area contributed by atoms with E-state index in [0.29, 0.717) is 41.6 Å². The van der Waals surface area contributed by atoms with Gasteiger partial charge < -0.3 is 4.90 Å². The minimum atomic E-state index is -3.65. The summed E-state index contributed by atoms with van der Waals surface area (Å²) in [6, 6.07) is 10.8. The first-order valence-corrected chi connectivity index (χ1v) is 14.6. The topological polar surface area (TPSA) is 73.8 Å². The summed E-state index contributed by atoms with van der Waals surface area (Å²) in [4.78, 5) is 21.6. The third-order valence-corrected chi connectivity index (χ3v) is 8.82. The lowest BCUT2D eigenvalue weighted by Gasteiger charge is -2.23. The lowest BCUT2D eigenvalue weighted by atomic mass is 10.2. The Hall–Kier alpha value is -2.11. The molecular formula is C26H36ClFN4O3S2. The van der Waals surface area contributed by atoms with Gasteiger partial charge in [-0.05, 0) is 63.3 Å². The predicted molar refractivity (Wildman–Crippen MR) is 152 cm³/mol. The number of unbranched alkanes of at least 4 members (excludes halogenated alkanes) is 2. The van der Waals surface area contributed by atoms with Gasteiger partial charge in [-0.25, -0.2) is 17.8 Å². The van der Waals surface area contributed by atoms with Gasteiger partial charge in [0.2, 0.25) is 10.0 Å². The second kappa shape index (κ2) is 14.2. The Morgan fingerprint density at radius 2 is 1.57 bits per heavy atom. The zero-order valence-electron chi connectivity index (χ0n) is 21.8. The molecule has 3 aromatic rings. The number of fused-ring (bicyclic) bond motifs is 1. The highest BCUT2D eigenvalue weighted by atomic mass is 35.5. The van der Waals surface area contributed by atoms with Crippen molar-refractivity contribution in [3.63, 3.8) is 0 Å². The normalized spacial score (nSPS) is 11.8. The second-order valence-electron chi connectivity index (χ2n) is 8.98. The molecule has 0 saturated carbocycles. The number of nitrogens with zero attached hydrogens (tertiary/aromatic N) is 4. The predicted octanol–water partition coefficient (Wildman–Crippen LogP) is 5.66. The van der Waals surface area contributed by atoms with Crippen molar-refractivity contribution in [1.29, 1.82) is 0 Å². The van der Waals surface area contributed by atoms with E-state index in [1.165, 1.54) is 38.7 Å². The van der Waals surface area contributed by atoms with Gasteiger partial charge in [-0.3, -0.25) is 9.69 Å². The molecule has 1 heterocycles. The highest BCUT2D eigenvalue weighted by molar-refractivity contribution is 7.89. The van der Waals surface area contributed by atoms with Crippen molar-refractivity contribution < 1.29 is 17.6 Å². The maximum atomic E-state index is 14.2. The maximum Gasteiger partial charge on any atom is 0.260 e. The molecule has 11 heteroatoms. The van der Waals surface area contributed by atoms with E-state index >= 15 is 0 Å². The molecule has 0 bridgehead atoms. The van der Waals surface area contributed by atoms with E-state index in [-0.39, 0.29) is 28.7 Å². The number of halogens is 2. The van der Waals surface area contributed by atoms with Gasteiger partial charge in [-0.1, -0.05) is 44.1 Å². The molecule has 0 spiro atoms. The number of aromatic nitrogens is 1. The Kier molecular flexibility index (Phi) is 11.9. The van der Waals surface area contributed by atoms with Crippen molar-refractivity contribution in [3.05, 3.63) is 53.8 Å². The van der Waals surface area contributed by atoms with Crippen LogP contribution in [0.3, 0.4) is 0 Å². The Bertz CT molecular complexity index is 1260. The summed E-state index contributed by atoms with van der Waals surface area (Å²) in [6.45, 7) is 5.97. The number of anilines is 1. The van der Waals surface area contributed by atoms with Crippen LogP contribution in [0.4, 0.5) is 9.52 Å². The summed E-state index contributed by atoms with van der Waals surface area (Å²) in [7, 11) is 0.158. The molecule has 0 N–H and O–H groups in total. The summed E-state index contributed by atoms with van der Waals surface area (Å²) >= 11 is 1.25. The lowest BCUT2D eigenvalue weighted by molar-refractivity contribution is 0.0985. The van der Waals surface area contributed by atoms with Crippen molar-refractivity contribution in [2.45, 2.75) is 44.4 Å². The number of amides is 1. The van der Waals surface area contributed by atoms with Crippen LogP contribution in [0, 0.1) is 5.82 Å². The molecule has 0 saturated heterocycles. The number of likely N-dealkylation sites (N-methyl/N-ethyl adjacent to an activating group) is 1. The van der Waals surface area contributed by atoms with E-state index in [9.17, 15) is 17.6 Å². The average Bonchev–Trinajstić information content (AvgIpc) is 3.29. The number of benzene rings is 2. The molecule has 3 rings (SSSR count). The average molecular weight is 571 g/mol. The Labute approximate surface area is 229 Å². The number of rotatable bonds is 13. The van der Waals surface area contributed by atoms with Gasteiger partial charge in [0.15, 0.2) is 5.13 Å². The van der Waals surface area contributed by atoms with Crippen molar-refractivity contribution in [2.24, 2.45) is 0 Å². The van der Waals surface area contributed by atoms with Crippen LogP contribution in [0.15, 0.2) is 47.4 Å². The summed E-state index contributed by atoms with van der Waals surface area (Å²) in [6.07, 6.45) is 3.40. The van der Waals surface area contributed by atoms with E-state index in [1.54, 1.807) is 24.3 Å². The number of carbonyl (C=O) groups is 1. The number of hydrogen-bond donors (Lipinski definition) is 0. The minimum absolute atomic E-state index is 0. The smallest absolute Gasteiger partial charge is 0.260 e. The van der Waals surface area contributed by atoms with Gasteiger partial charge in [-0.2, -0.15) is 4.31 Å². The van der Waals surface area contributed by atoms with E-state index in [0.717, 1.165) is 25.7 Å². The van der Waals surface area contributed by atoms with Crippen molar-refractivity contribution >= 4 is 55.0 Å². The number of sulfonamides is 1. The largest absolute Gasteiger partial charge is 0.308 e. The molecule has 37 heavy (non-hydrogen) atoms. The number of para-hydroxylation sites is 1. The summed E-state index contributed by atoms with van der Waals surface area (Å²) in [5, 5.41) is 0.406. The molecule has 0 radical (unpaired) electrons. The van der Waals surface area contributed by atoms with E-state index in [4.69, 9.17) is 0 Å². The van der Waals surface area contributed by atoms with Crippen LogP contribution in [-0.2, 0) is 10.0 Å². The first-order valence-electron chi connectivity index (χ1n) is 12.3. The monoisotopic (exact) mass is 570 g/mol. The third kappa shape index (κ3) is 7.70. The Morgan fingerprint density at radius 3 is 2.11 bits per heavy atom. The molecule has 1 aromatic heterocycles. The minimum Gasteiger partial charge on any atom is -0.308 e. The van der Waals surface area contributed by atoms with Crippen LogP contribution in [0.5, 0.6) is 0 Å². The molecule has 7 nitrogen and oxygen atoms in total. The summed E-state index contributed by atoms with van der Waals surface area (Å²) in [5.74, 6) is -0.741. The van der Waals surface area contributed by atoms with Crippen LogP contribution < -0.4 is 4.90 Å². The molecule has 0 aliphatic carbocycles. The fraction of sp³-hybridized carbons (Fsp3) is 0.462. The highest BCUT2D eigenvalue weighted by Crippen LogP contribution is 2.31. The van der Waals surface area contributed by atoms with Crippen molar-refractivity contribution in [3.8, 4) is 0 Å². The molecule has 0 aliphatic rings. The van der Waals surface area contributed by atoms with Gasteiger partial charge in [0.25, 0.3) is 5.91 Å². The fourth-order valence-electron chi connectivity index (χ4n) is 3.70. The fourth-order valence-corrected chi connectivity index (χ4v) is 6.22. The zero-order chi connectivity index (χ0) is 26.3. The highest BCUT2D eigenvalue weighted by Gasteiger charge is 2.26. The first kappa shape index (κ1) is 31.1.